The fourth-order valence-corrected chi connectivity index (χ4v) is 5.01. The Morgan fingerprint density at radius 1 is 0.931 bits per heavy atom. The van der Waals surface area contributed by atoms with E-state index in [1.54, 1.807) is 30.5 Å². The summed E-state index contributed by atoms with van der Waals surface area (Å²) >= 11 is 4.90. The van der Waals surface area contributed by atoms with Gasteiger partial charge in [-0.25, -0.2) is 4.98 Å². The molecule has 3 aromatic rings. The van der Waals surface area contributed by atoms with E-state index in [1.807, 2.05) is 18.2 Å². The fourth-order valence-electron chi connectivity index (χ4n) is 3.46. The van der Waals surface area contributed by atoms with Crippen LogP contribution in [0.15, 0.2) is 53.1 Å². The molecule has 0 aliphatic heterocycles. The number of carbonyl (C=O) groups is 2. The van der Waals surface area contributed by atoms with E-state index in [2.05, 4.69) is 31.5 Å². The average Bonchev–Trinajstić information content (AvgIpc) is 2.89. The predicted molar refractivity (Wildman–Crippen MR) is 120 cm³/mol. The summed E-state index contributed by atoms with van der Waals surface area (Å²) < 4.78 is 0.910. The van der Waals surface area contributed by atoms with Gasteiger partial charge in [-0.1, -0.05) is 28.4 Å². The summed E-state index contributed by atoms with van der Waals surface area (Å²) in [6, 6.07) is 12.5. The number of hydrogen-bond donors (Lipinski definition) is 2. The zero-order valence-corrected chi connectivity index (χ0v) is 18.1. The number of hydrogen-bond acceptors (Lipinski definition) is 4. The largest absolute Gasteiger partial charge is 0.313 e. The Hall–Kier alpha value is -2.51. The minimum atomic E-state index is -0.228. The van der Waals surface area contributed by atoms with Crippen molar-refractivity contribution in [2.24, 2.45) is 0 Å². The van der Waals surface area contributed by atoms with Gasteiger partial charge in [0.1, 0.15) is 10.8 Å². The van der Waals surface area contributed by atoms with E-state index in [4.69, 9.17) is 0 Å². The van der Waals surface area contributed by atoms with Crippen LogP contribution in [0.1, 0.15) is 50.4 Å². The molecule has 0 bridgehead atoms. The normalized spacial score (nSPS) is 13.3. The summed E-state index contributed by atoms with van der Waals surface area (Å²) in [6.07, 6.45) is 6.74. The molecular weight excluding hydrogens is 450 g/mol. The highest BCUT2D eigenvalue weighted by molar-refractivity contribution is 9.10. The van der Waals surface area contributed by atoms with Crippen LogP contribution in [0.5, 0.6) is 0 Å². The molecule has 1 aromatic carbocycles. The third kappa shape index (κ3) is 4.57. The van der Waals surface area contributed by atoms with Crippen molar-refractivity contribution in [3.05, 3.63) is 74.7 Å². The molecule has 1 aliphatic carbocycles. The SMILES string of the molecule is O=C(Nc1sc2c(c1C(=O)Nc1ccccn1)CCCCC2)c1ccc(Br)cc1. The molecule has 2 aromatic heterocycles. The lowest BCUT2D eigenvalue weighted by molar-refractivity contribution is 0.102. The van der Waals surface area contributed by atoms with Gasteiger partial charge in [0.15, 0.2) is 0 Å². The standard InChI is InChI=1S/C22H20BrN3O2S/c23-15-11-9-14(10-12-15)20(27)26-22-19(16-6-2-1-3-7-17(16)29-22)21(28)25-18-8-4-5-13-24-18/h4-5,8-13H,1-3,6-7H2,(H,26,27)(H,24,25,28). The third-order valence-corrected chi connectivity index (χ3v) is 6.62. The van der Waals surface area contributed by atoms with Gasteiger partial charge in [-0.2, -0.15) is 0 Å². The molecule has 0 radical (unpaired) electrons. The molecule has 0 saturated heterocycles. The van der Waals surface area contributed by atoms with Crippen LogP contribution in [0, 0.1) is 0 Å². The number of aryl methyl sites for hydroxylation is 1. The van der Waals surface area contributed by atoms with E-state index >= 15 is 0 Å². The predicted octanol–water partition coefficient (Wildman–Crippen LogP) is 5.68. The zero-order chi connectivity index (χ0) is 20.2. The van der Waals surface area contributed by atoms with Crippen molar-refractivity contribution in [1.82, 2.24) is 4.98 Å². The number of nitrogens with one attached hydrogen (secondary N) is 2. The summed E-state index contributed by atoms with van der Waals surface area (Å²) in [4.78, 5) is 31.3. The van der Waals surface area contributed by atoms with Gasteiger partial charge in [0.25, 0.3) is 11.8 Å². The van der Waals surface area contributed by atoms with Gasteiger partial charge in [0.05, 0.1) is 5.56 Å². The minimum Gasteiger partial charge on any atom is -0.313 e. The van der Waals surface area contributed by atoms with Crippen LogP contribution >= 0.6 is 27.3 Å². The van der Waals surface area contributed by atoms with Crippen LogP contribution in [0.4, 0.5) is 10.8 Å². The first kappa shape index (κ1) is 19.8. The van der Waals surface area contributed by atoms with Crippen LogP contribution in [-0.4, -0.2) is 16.8 Å². The lowest BCUT2D eigenvalue weighted by Crippen LogP contribution is -2.18. The molecule has 1 aliphatic rings. The first-order valence-corrected chi connectivity index (χ1v) is 11.2. The van der Waals surface area contributed by atoms with Crippen molar-refractivity contribution in [1.29, 1.82) is 0 Å². The van der Waals surface area contributed by atoms with Crippen LogP contribution < -0.4 is 10.6 Å². The van der Waals surface area contributed by atoms with Crippen molar-refractivity contribution in [2.75, 3.05) is 10.6 Å². The van der Waals surface area contributed by atoms with E-state index in [1.165, 1.54) is 16.2 Å². The van der Waals surface area contributed by atoms with E-state index in [0.29, 0.717) is 21.9 Å². The Labute approximate surface area is 181 Å². The summed E-state index contributed by atoms with van der Waals surface area (Å²) in [7, 11) is 0. The zero-order valence-electron chi connectivity index (χ0n) is 15.7. The highest BCUT2D eigenvalue weighted by Crippen LogP contribution is 2.38. The molecule has 4 rings (SSSR count). The number of pyridine rings is 1. The van der Waals surface area contributed by atoms with Crippen LogP contribution in [0.25, 0.3) is 0 Å². The molecule has 2 N–H and O–H groups in total. The topological polar surface area (TPSA) is 71.1 Å². The van der Waals surface area contributed by atoms with E-state index in [0.717, 1.165) is 42.1 Å². The number of rotatable bonds is 4. The second-order valence-electron chi connectivity index (χ2n) is 6.90. The van der Waals surface area contributed by atoms with E-state index in [9.17, 15) is 9.59 Å². The van der Waals surface area contributed by atoms with Crippen molar-refractivity contribution in [3.63, 3.8) is 0 Å². The summed E-state index contributed by atoms with van der Waals surface area (Å²) in [6.45, 7) is 0. The Balaban J connectivity index is 1.66. The molecular formula is C22H20BrN3O2S. The van der Waals surface area contributed by atoms with Gasteiger partial charge in [-0.15, -0.1) is 11.3 Å². The number of nitrogens with zero attached hydrogens (tertiary/aromatic N) is 1. The number of carbonyl (C=O) groups excluding carboxylic acids is 2. The van der Waals surface area contributed by atoms with E-state index < -0.39 is 0 Å². The maximum atomic E-state index is 13.1. The molecule has 5 nitrogen and oxygen atoms in total. The van der Waals surface area contributed by atoms with Crippen molar-refractivity contribution < 1.29 is 9.59 Å². The molecule has 7 heteroatoms. The number of aromatic nitrogens is 1. The van der Waals surface area contributed by atoms with Gasteiger partial charge >= 0.3 is 0 Å². The first-order valence-electron chi connectivity index (χ1n) is 9.55. The molecule has 2 amide bonds. The van der Waals surface area contributed by atoms with Crippen LogP contribution in [-0.2, 0) is 12.8 Å². The highest BCUT2D eigenvalue weighted by Gasteiger charge is 2.26. The summed E-state index contributed by atoms with van der Waals surface area (Å²) in [5.41, 5.74) is 2.18. The third-order valence-electron chi connectivity index (χ3n) is 4.89. The minimum absolute atomic E-state index is 0.221. The van der Waals surface area contributed by atoms with Crippen LogP contribution in [0.2, 0.25) is 0 Å². The molecule has 148 valence electrons. The average molecular weight is 470 g/mol. The van der Waals surface area contributed by atoms with Gasteiger partial charge in [0.2, 0.25) is 0 Å². The van der Waals surface area contributed by atoms with Crippen molar-refractivity contribution in [2.45, 2.75) is 32.1 Å². The van der Waals surface area contributed by atoms with Gasteiger partial charge in [0, 0.05) is 21.1 Å². The maximum absolute atomic E-state index is 13.1. The Kier molecular flexibility index (Phi) is 6.06. The number of fused-ring (bicyclic) bond motifs is 1. The summed E-state index contributed by atoms with van der Waals surface area (Å²) in [5, 5.41) is 6.46. The van der Waals surface area contributed by atoms with Crippen molar-refractivity contribution >= 4 is 49.9 Å². The second-order valence-corrected chi connectivity index (χ2v) is 8.92. The van der Waals surface area contributed by atoms with Crippen molar-refractivity contribution in [3.8, 4) is 0 Å². The molecule has 0 atom stereocenters. The van der Waals surface area contributed by atoms with Gasteiger partial charge in [-0.3, -0.25) is 9.59 Å². The highest BCUT2D eigenvalue weighted by atomic mass is 79.9. The lowest BCUT2D eigenvalue weighted by atomic mass is 10.0. The van der Waals surface area contributed by atoms with Gasteiger partial charge in [-0.05, 0) is 67.6 Å². The fraction of sp³-hybridized carbons (Fsp3) is 0.227. The smallest absolute Gasteiger partial charge is 0.260 e. The van der Waals surface area contributed by atoms with E-state index in [-0.39, 0.29) is 11.8 Å². The molecule has 0 saturated carbocycles. The second kappa shape index (κ2) is 8.88. The number of halogens is 1. The lowest BCUT2D eigenvalue weighted by Gasteiger charge is -2.10. The molecule has 0 fully saturated rings. The quantitative estimate of drug-likeness (QED) is 0.482. The van der Waals surface area contributed by atoms with Gasteiger partial charge < -0.3 is 10.6 Å². The number of thiophene rings is 1. The molecule has 0 unspecified atom stereocenters. The number of amides is 2. The molecule has 2 heterocycles. The first-order chi connectivity index (χ1) is 14.1. The van der Waals surface area contributed by atoms with Crippen LogP contribution in [0.3, 0.4) is 0 Å². The Morgan fingerprint density at radius 3 is 2.48 bits per heavy atom. The monoisotopic (exact) mass is 469 g/mol. The number of anilines is 2. The number of benzene rings is 1. The Bertz CT molecular complexity index is 1030. The molecule has 29 heavy (non-hydrogen) atoms. The molecule has 0 spiro atoms. The summed E-state index contributed by atoms with van der Waals surface area (Å²) in [5.74, 6) is 0.0475. The Morgan fingerprint density at radius 2 is 1.72 bits per heavy atom. The maximum Gasteiger partial charge on any atom is 0.260 e.